The monoisotopic (exact) mass is 390 g/mol. The van der Waals surface area contributed by atoms with Crippen molar-refractivity contribution in [1.82, 2.24) is 20.3 Å². The Morgan fingerprint density at radius 1 is 0.533 bits per heavy atom. The van der Waals surface area contributed by atoms with Gasteiger partial charge >= 0.3 is 0 Å². The van der Waals surface area contributed by atoms with Gasteiger partial charge in [0.1, 0.15) is 0 Å². The van der Waals surface area contributed by atoms with E-state index in [1.165, 1.54) is 21.8 Å². The Balaban J connectivity index is 0.000000115. The quantitative estimate of drug-likeness (QED) is 0.335. The van der Waals surface area contributed by atoms with Gasteiger partial charge in [-0.05, 0) is 48.6 Å². The highest BCUT2D eigenvalue weighted by Gasteiger charge is 2.00. The molecule has 0 saturated carbocycles. The molecule has 1 aliphatic rings. The van der Waals surface area contributed by atoms with Gasteiger partial charge in [0.15, 0.2) is 5.65 Å². The number of H-pyrrole nitrogens is 1. The molecule has 0 radical (unpaired) electrons. The number of hydrogen-bond donors (Lipinski definition) is 2. The molecule has 0 unspecified atom stereocenters. The van der Waals surface area contributed by atoms with Crippen molar-refractivity contribution in [3.8, 4) is 0 Å². The van der Waals surface area contributed by atoms with Crippen LogP contribution in [0.2, 0.25) is 0 Å². The maximum absolute atomic E-state index is 4.07. The fraction of sp³-hybridized carbons (Fsp3) is 0. The third kappa shape index (κ3) is 4.80. The van der Waals surface area contributed by atoms with Crippen molar-refractivity contribution in [3.05, 3.63) is 122 Å². The molecule has 4 nitrogen and oxygen atoms in total. The number of nitrogens with one attached hydrogen (secondary N) is 2. The minimum Gasteiger partial charge on any atom is -0.368 e. The van der Waals surface area contributed by atoms with E-state index in [-0.39, 0.29) is 0 Å². The van der Waals surface area contributed by atoms with E-state index in [9.17, 15) is 0 Å². The molecule has 1 aliphatic heterocycles. The number of fused-ring (bicyclic) bond motifs is 4. The minimum atomic E-state index is 0.810. The first kappa shape index (κ1) is 19.2. The normalized spacial score (nSPS) is 11.9. The predicted molar refractivity (Wildman–Crippen MR) is 126 cm³/mol. The van der Waals surface area contributed by atoms with E-state index in [2.05, 4.69) is 68.8 Å². The largest absolute Gasteiger partial charge is 0.368 e. The summed E-state index contributed by atoms with van der Waals surface area (Å²) < 4.78 is 0. The Morgan fingerprint density at radius 2 is 1.07 bits per heavy atom. The Kier molecular flexibility index (Phi) is 6.28. The molecule has 0 atom stereocenters. The molecule has 0 amide bonds. The van der Waals surface area contributed by atoms with Gasteiger partial charge in [-0.25, -0.2) is 9.97 Å². The first-order chi connectivity index (χ1) is 14.9. The second kappa shape index (κ2) is 9.85. The molecule has 0 spiro atoms. The van der Waals surface area contributed by atoms with E-state index in [0.717, 1.165) is 11.0 Å². The van der Waals surface area contributed by atoms with Crippen LogP contribution in [0.1, 0.15) is 0 Å². The summed E-state index contributed by atoms with van der Waals surface area (Å²) >= 11 is 0. The molecule has 4 heterocycles. The third-order valence-corrected chi connectivity index (χ3v) is 4.51. The second-order valence-corrected chi connectivity index (χ2v) is 6.54. The molecule has 0 aliphatic carbocycles. The number of benzene rings is 2. The number of hydrogen-bond acceptors (Lipinski definition) is 3. The van der Waals surface area contributed by atoms with Crippen LogP contribution in [0.15, 0.2) is 122 Å². The van der Waals surface area contributed by atoms with Crippen LogP contribution in [0.25, 0.3) is 32.8 Å². The fourth-order valence-electron chi connectivity index (χ4n) is 3.11. The van der Waals surface area contributed by atoms with Crippen LogP contribution in [0, 0.1) is 0 Å². The minimum absolute atomic E-state index is 0.810. The Bertz CT molecular complexity index is 1200. The number of aromatic nitrogens is 3. The van der Waals surface area contributed by atoms with Crippen molar-refractivity contribution in [1.29, 1.82) is 0 Å². The average molecular weight is 390 g/mol. The van der Waals surface area contributed by atoms with Crippen LogP contribution in [0.5, 0.6) is 0 Å². The topological polar surface area (TPSA) is 53.6 Å². The highest BCUT2D eigenvalue weighted by atomic mass is 14.8. The van der Waals surface area contributed by atoms with E-state index in [1.807, 2.05) is 61.0 Å². The lowest BCUT2D eigenvalue weighted by molar-refractivity contribution is 1.20. The number of aromatic amines is 1. The molecule has 146 valence electrons. The van der Waals surface area contributed by atoms with Crippen molar-refractivity contribution in [2.24, 2.45) is 0 Å². The lowest BCUT2D eigenvalue weighted by Gasteiger charge is -1.90. The van der Waals surface area contributed by atoms with Crippen molar-refractivity contribution < 1.29 is 0 Å². The van der Waals surface area contributed by atoms with Crippen LogP contribution in [0.4, 0.5) is 0 Å². The predicted octanol–water partition coefficient (Wildman–Crippen LogP) is 6.12. The van der Waals surface area contributed by atoms with Crippen molar-refractivity contribution >= 4 is 32.8 Å². The molecule has 30 heavy (non-hydrogen) atoms. The molecule has 0 saturated heterocycles. The van der Waals surface area contributed by atoms with Crippen molar-refractivity contribution in [2.75, 3.05) is 0 Å². The number of pyridine rings is 2. The molecule has 4 heteroatoms. The number of allylic oxidation sites excluding steroid dienone is 4. The first-order valence-corrected chi connectivity index (χ1v) is 9.77. The smallest absolute Gasteiger partial charge is 0.159 e. The van der Waals surface area contributed by atoms with Crippen LogP contribution in [0.3, 0.4) is 0 Å². The van der Waals surface area contributed by atoms with Crippen LogP contribution in [-0.2, 0) is 0 Å². The highest BCUT2D eigenvalue weighted by Crippen LogP contribution is 2.24. The summed E-state index contributed by atoms with van der Waals surface area (Å²) in [5, 5.41) is 6.62. The van der Waals surface area contributed by atoms with E-state index >= 15 is 0 Å². The number of rotatable bonds is 0. The number of nitrogens with zero attached hydrogens (tertiary/aromatic N) is 2. The summed E-state index contributed by atoms with van der Waals surface area (Å²) in [5.74, 6) is 0. The van der Waals surface area contributed by atoms with Gasteiger partial charge in [-0.3, -0.25) is 0 Å². The van der Waals surface area contributed by atoms with Gasteiger partial charge in [0.2, 0.25) is 0 Å². The third-order valence-electron chi connectivity index (χ3n) is 4.51. The molecule has 2 N–H and O–H groups in total. The molecule has 5 aromatic rings. The SMILES string of the molecule is C1=CC=CNC=C1.c1ccc2c(c1)[nH]c1ccccc12.c1cnc2ncccc2c1. The molecular formula is C26H22N4. The van der Waals surface area contributed by atoms with Crippen molar-refractivity contribution in [2.45, 2.75) is 0 Å². The van der Waals surface area contributed by atoms with Crippen LogP contribution in [-0.4, -0.2) is 15.0 Å². The van der Waals surface area contributed by atoms with Gasteiger partial charge in [-0.2, -0.15) is 0 Å². The van der Waals surface area contributed by atoms with Gasteiger partial charge < -0.3 is 10.3 Å². The standard InChI is InChI=1S/C12H9N.C8H6N2.C6H7N/c1-3-7-11-9(5-1)10-6-2-4-8-12(10)13-11;1-3-7-4-2-6-10-8(7)9-5-1;1-2-4-6-7-5-3-1/h1-8,13H;1-6H;1-7H. The maximum Gasteiger partial charge on any atom is 0.159 e. The average Bonchev–Trinajstić information content (AvgIpc) is 2.96. The van der Waals surface area contributed by atoms with Gasteiger partial charge in [-0.15, -0.1) is 0 Å². The lowest BCUT2D eigenvalue weighted by atomic mass is 10.2. The summed E-state index contributed by atoms with van der Waals surface area (Å²) in [5.41, 5.74) is 3.23. The van der Waals surface area contributed by atoms with E-state index < -0.39 is 0 Å². The van der Waals surface area contributed by atoms with Gasteiger partial charge in [0, 0.05) is 52.0 Å². The Morgan fingerprint density at radius 3 is 1.60 bits per heavy atom. The zero-order chi connectivity index (χ0) is 20.4. The van der Waals surface area contributed by atoms with Crippen LogP contribution < -0.4 is 5.32 Å². The first-order valence-electron chi connectivity index (χ1n) is 9.77. The summed E-state index contributed by atoms with van der Waals surface area (Å²) in [7, 11) is 0. The van der Waals surface area contributed by atoms with Gasteiger partial charge in [0.25, 0.3) is 0 Å². The van der Waals surface area contributed by atoms with E-state index in [0.29, 0.717) is 0 Å². The second-order valence-electron chi connectivity index (χ2n) is 6.54. The van der Waals surface area contributed by atoms with Gasteiger partial charge in [0.05, 0.1) is 0 Å². The molecule has 0 bridgehead atoms. The van der Waals surface area contributed by atoms with Crippen LogP contribution >= 0.6 is 0 Å². The molecule has 6 rings (SSSR count). The molecule has 2 aromatic carbocycles. The Labute approximate surface area is 175 Å². The molecular weight excluding hydrogens is 368 g/mol. The zero-order valence-electron chi connectivity index (χ0n) is 16.4. The highest BCUT2D eigenvalue weighted by molar-refractivity contribution is 6.06. The summed E-state index contributed by atoms with van der Waals surface area (Å²) in [6.45, 7) is 0. The molecule has 0 fully saturated rings. The Hall–Kier alpha value is -4.18. The van der Waals surface area contributed by atoms with Gasteiger partial charge in [-0.1, -0.05) is 48.6 Å². The zero-order valence-corrected chi connectivity index (χ0v) is 16.4. The van der Waals surface area contributed by atoms with E-state index in [4.69, 9.17) is 0 Å². The summed E-state index contributed by atoms with van der Waals surface area (Å²) in [6, 6.07) is 24.6. The maximum atomic E-state index is 4.07. The number of para-hydroxylation sites is 2. The fourth-order valence-corrected chi connectivity index (χ4v) is 3.11. The lowest BCUT2D eigenvalue weighted by Crippen LogP contribution is -1.87. The molecule has 3 aromatic heterocycles. The summed E-state index contributed by atoms with van der Waals surface area (Å²) in [4.78, 5) is 11.5. The van der Waals surface area contributed by atoms with Crippen molar-refractivity contribution in [3.63, 3.8) is 0 Å². The van der Waals surface area contributed by atoms with E-state index in [1.54, 1.807) is 12.4 Å². The summed E-state index contributed by atoms with van der Waals surface area (Å²) in [6.07, 6.45) is 15.1.